The molecule has 2 aromatic rings. The summed E-state index contributed by atoms with van der Waals surface area (Å²) in [6, 6.07) is 6.69. The lowest BCUT2D eigenvalue weighted by atomic mass is 9.98. The van der Waals surface area contributed by atoms with Gasteiger partial charge in [-0.25, -0.2) is 8.42 Å². The number of hydrogen-bond acceptors (Lipinski definition) is 4. The normalized spacial score (nSPS) is 19.9. The molecule has 178 valence electrons. The van der Waals surface area contributed by atoms with Crippen LogP contribution in [0.5, 0.6) is 0 Å². The third-order valence-corrected chi connectivity index (χ3v) is 8.61. The molecule has 1 atom stereocenters. The van der Waals surface area contributed by atoms with E-state index in [9.17, 15) is 18.0 Å². The molecule has 0 spiro atoms. The van der Waals surface area contributed by atoms with Gasteiger partial charge in [-0.1, -0.05) is 17.7 Å². The number of rotatable bonds is 5. The zero-order valence-electron chi connectivity index (χ0n) is 18.6. The highest BCUT2D eigenvalue weighted by Gasteiger charge is 2.34. The van der Waals surface area contributed by atoms with Crippen molar-refractivity contribution in [1.29, 1.82) is 0 Å². The van der Waals surface area contributed by atoms with Crippen LogP contribution >= 0.6 is 11.6 Å². The van der Waals surface area contributed by atoms with E-state index in [0.717, 1.165) is 24.8 Å². The van der Waals surface area contributed by atoms with E-state index in [1.165, 1.54) is 16.6 Å². The average Bonchev–Trinajstić information content (AvgIpc) is 3.33. The van der Waals surface area contributed by atoms with Crippen molar-refractivity contribution < 1.29 is 18.0 Å². The molecule has 2 fully saturated rings. The van der Waals surface area contributed by atoms with Crippen LogP contribution in [0.25, 0.3) is 0 Å². The van der Waals surface area contributed by atoms with Crippen molar-refractivity contribution >= 4 is 39.1 Å². The van der Waals surface area contributed by atoms with Gasteiger partial charge in [-0.05, 0) is 62.8 Å². The molecule has 8 nitrogen and oxygen atoms in total. The lowest BCUT2D eigenvalue weighted by molar-refractivity contribution is -0.120. The molecule has 1 aromatic carbocycles. The average molecular weight is 493 g/mol. The third kappa shape index (κ3) is 5.26. The number of hydrogen-bond donors (Lipinski definition) is 2. The summed E-state index contributed by atoms with van der Waals surface area (Å²) in [4.78, 5) is 30.1. The Hall–Kier alpha value is -2.36. The molecule has 2 aliphatic heterocycles. The highest BCUT2D eigenvalue weighted by molar-refractivity contribution is 7.89. The van der Waals surface area contributed by atoms with Gasteiger partial charge in [-0.15, -0.1) is 0 Å². The standard InChI is InChI=1S/C23H29ClN4O4S/c1-16-7-8-18(12-20(16)24)26-22(29)17-6-5-11-28(15-17)33(31,32)19-13-21(25-14-19)23(30)27-9-3-2-4-10-27/h7-8,12-14,17,25H,2-6,9-11,15H2,1H3,(H,26,29)/t17-/m1/s1. The number of carbonyl (C=O) groups is 2. The Labute approximate surface area is 199 Å². The molecule has 10 heteroatoms. The van der Waals surface area contributed by atoms with Crippen LogP contribution in [0.15, 0.2) is 35.4 Å². The number of sulfonamides is 1. The van der Waals surface area contributed by atoms with Gasteiger partial charge in [0.05, 0.1) is 5.92 Å². The zero-order valence-corrected chi connectivity index (χ0v) is 20.2. The van der Waals surface area contributed by atoms with E-state index in [1.807, 2.05) is 13.0 Å². The van der Waals surface area contributed by atoms with Gasteiger partial charge in [-0.2, -0.15) is 4.31 Å². The summed E-state index contributed by atoms with van der Waals surface area (Å²) in [6.45, 7) is 3.69. The monoisotopic (exact) mass is 492 g/mol. The number of nitrogens with one attached hydrogen (secondary N) is 2. The lowest BCUT2D eigenvalue weighted by Gasteiger charge is -2.31. The molecule has 2 amide bonds. The first-order valence-electron chi connectivity index (χ1n) is 11.3. The Bertz CT molecular complexity index is 1140. The van der Waals surface area contributed by atoms with E-state index >= 15 is 0 Å². The number of anilines is 1. The summed E-state index contributed by atoms with van der Waals surface area (Å²) in [6.07, 6.45) is 5.58. The minimum absolute atomic E-state index is 0.0502. The molecule has 2 aliphatic rings. The minimum atomic E-state index is -3.83. The number of halogens is 1. The van der Waals surface area contributed by atoms with Crippen molar-refractivity contribution in [1.82, 2.24) is 14.2 Å². The summed E-state index contributed by atoms with van der Waals surface area (Å²) < 4.78 is 27.8. The Balaban J connectivity index is 1.43. The second-order valence-corrected chi connectivity index (χ2v) is 11.1. The number of piperidine rings is 2. The van der Waals surface area contributed by atoms with Gasteiger partial charge in [0, 0.05) is 43.1 Å². The van der Waals surface area contributed by atoms with E-state index in [1.54, 1.807) is 17.0 Å². The van der Waals surface area contributed by atoms with E-state index in [2.05, 4.69) is 10.3 Å². The van der Waals surface area contributed by atoms with Gasteiger partial charge < -0.3 is 15.2 Å². The van der Waals surface area contributed by atoms with Crippen LogP contribution in [0.1, 0.15) is 48.2 Å². The Morgan fingerprint density at radius 1 is 1.09 bits per heavy atom. The van der Waals surface area contributed by atoms with Crippen molar-refractivity contribution in [2.45, 2.75) is 43.9 Å². The largest absolute Gasteiger partial charge is 0.356 e. The molecule has 0 radical (unpaired) electrons. The van der Waals surface area contributed by atoms with Crippen LogP contribution in [0, 0.1) is 12.8 Å². The maximum Gasteiger partial charge on any atom is 0.270 e. The Morgan fingerprint density at radius 2 is 1.85 bits per heavy atom. The molecule has 0 aliphatic carbocycles. The van der Waals surface area contributed by atoms with Crippen LogP contribution in [0.3, 0.4) is 0 Å². The molecule has 1 aromatic heterocycles. The topological polar surface area (TPSA) is 103 Å². The van der Waals surface area contributed by atoms with Crippen LogP contribution in [-0.2, 0) is 14.8 Å². The molecule has 4 rings (SSSR count). The molecular weight excluding hydrogens is 464 g/mol. The fourth-order valence-corrected chi connectivity index (χ4v) is 6.05. The maximum absolute atomic E-state index is 13.2. The summed E-state index contributed by atoms with van der Waals surface area (Å²) >= 11 is 6.14. The van der Waals surface area contributed by atoms with Crippen molar-refractivity contribution in [3.05, 3.63) is 46.7 Å². The SMILES string of the molecule is Cc1ccc(NC(=O)[C@@H]2CCCN(S(=O)(=O)c3c[nH]c(C(=O)N4CCCCC4)c3)C2)cc1Cl. The van der Waals surface area contributed by atoms with Crippen LogP contribution < -0.4 is 5.32 Å². The maximum atomic E-state index is 13.2. The smallest absolute Gasteiger partial charge is 0.270 e. The lowest BCUT2D eigenvalue weighted by Crippen LogP contribution is -2.43. The third-order valence-electron chi connectivity index (χ3n) is 6.36. The number of benzene rings is 1. The van der Waals surface area contributed by atoms with Crippen molar-refractivity contribution in [2.24, 2.45) is 5.92 Å². The van der Waals surface area contributed by atoms with Crippen LogP contribution in [0.4, 0.5) is 5.69 Å². The first-order valence-corrected chi connectivity index (χ1v) is 13.1. The summed E-state index contributed by atoms with van der Waals surface area (Å²) in [7, 11) is -3.83. The van der Waals surface area contributed by atoms with E-state index < -0.39 is 15.9 Å². The first-order chi connectivity index (χ1) is 15.8. The van der Waals surface area contributed by atoms with Crippen LogP contribution in [0.2, 0.25) is 5.02 Å². The fraction of sp³-hybridized carbons (Fsp3) is 0.478. The van der Waals surface area contributed by atoms with Gasteiger partial charge >= 0.3 is 0 Å². The van der Waals surface area contributed by atoms with Gasteiger partial charge in [0.1, 0.15) is 10.6 Å². The van der Waals surface area contributed by atoms with Gasteiger partial charge in [0.15, 0.2) is 0 Å². The second kappa shape index (κ2) is 9.87. The number of aryl methyl sites for hydroxylation is 1. The van der Waals surface area contributed by atoms with Gasteiger partial charge in [0.2, 0.25) is 15.9 Å². The van der Waals surface area contributed by atoms with E-state index in [4.69, 9.17) is 11.6 Å². The Kier molecular flexibility index (Phi) is 7.11. The number of H-pyrrole nitrogens is 1. The predicted octanol–water partition coefficient (Wildman–Crippen LogP) is 3.64. The number of likely N-dealkylation sites (tertiary alicyclic amines) is 1. The molecule has 33 heavy (non-hydrogen) atoms. The van der Waals surface area contributed by atoms with Crippen LogP contribution in [-0.4, -0.2) is 60.6 Å². The van der Waals surface area contributed by atoms with Crippen molar-refractivity contribution in [3.63, 3.8) is 0 Å². The second-order valence-electron chi connectivity index (χ2n) is 8.76. The minimum Gasteiger partial charge on any atom is -0.356 e. The number of aromatic amines is 1. The summed E-state index contributed by atoms with van der Waals surface area (Å²) in [5, 5.41) is 3.40. The van der Waals surface area contributed by atoms with E-state index in [0.29, 0.717) is 43.2 Å². The molecule has 0 bridgehead atoms. The molecular formula is C23H29ClN4O4S. The fourth-order valence-electron chi connectivity index (χ4n) is 4.35. The summed E-state index contributed by atoms with van der Waals surface area (Å²) in [5.74, 6) is -0.879. The predicted molar refractivity (Wildman–Crippen MR) is 127 cm³/mol. The molecule has 2 saturated heterocycles. The highest BCUT2D eigenvalue weighted by Crippen LogP contribution is 2.27. The van der Waals surface area contributed by atoms with Gasteiger partial charge in [-0.3, -0.25) is 9.59 Å². The molecule has 3 heterocycles. The number of nitrogens with zero attached hydrogens (tertiary/aromatic N) is 2. The number of amides is 2. The van der Waals surface area contributed by atoms with Gasteiger partial charge in [0.25, 0.3) is 5.91 Å². The number of carbonyl (C=O) groups excluding carboxylic acids is 2. The molecule has 0 unspecified atom stereocenters. The quantitative estimate of drug-likeness (QED) is 0.665. The zero-order chi connectivity index (χ0) is 23.6. The Morgan fingerprint density at radius 3 is 2.58 bits per heavy atom. The molecule has 0 saturated carbocycles. The number of aromatic nitrogens is 1. The van der Waals surface area contributed by atoms with Crippen molar-refractivity contribution in [3.8, 4) is 0 Å². The first kappa shape index (κ1) is 23.8. The molecule has 2 N–H and O–H groups in total. The van der Waals surface area contributed by atoms with E-state index in [-0.39, 0.29) is 28.9 Å². The summed E-state index contributed by atoms with van der Waals surface area (Å²) in [5.41, 5.74) is 1.77. The van der Waals surface area contributed by atoms with Crippen molar-refractivity contribution in [2.75, 3.05) is 31.5 Å². The highest BCUT2D eigenvalue weighted by atomic mass is 35.5.